The summed E-state index contributed by atoms with van der Waals surface area (Å²) < 4.78 is 0. The number of amides is 1. The zero-order valence-electron chi connectivity index (χ0n) is 11.9. The number of aromatic nitrogens is 1. The van der Waals surface area contributed by atoms with E-state index in [1.165, 1.54) is 0 Å². The molecule has 0 aliphatic carbocycles. The highest BCUT2D eigenvalue weighted by atomic mass is 16.1. The number of nitrogens with zero attached hydrogens (tertiary/aromatic N) is 3. The van der Waals surface area contributed by atoms with Crippen LogP contribution in [0.1, 0.15) is 24.2 Å². The Balaban J connectivity index is 2.18. The van der Waals surface area contributed by atoms with Crippen molar-refractivity contribution >= 4 is 11.7 Å². The van der Waals surface area contributed by atoms with E-state index < -0.39 is 0 Å². The van der Waals surface area contributed by atoms with Crippen molar-refractivity contribution in [1.29, 1.82) is 0 Å². The van der Waals surface area contributed by atoms with Gasteiger partial charge in [-0.15, -0.1) is 0 Å². The van der Waals surface area contributed by atoms with Crippen LogP contribution in [0.2, 0.25) is 0 Å². The minimum Gasteiger partial charge on any atom is -0.353 e. The Hall–Kier alpha value is -1.62. The number of likely N-dealkylation sites (N-methyl/N-ethyl adjacent to an activating group) is 1. The summed E-state index contributed by atoms with van der Waals surface area (Å²) in [6.45, 7) is 7.75. The minimum atomic E-state index is -0.0444. The number of hydrogen-bond donors (Lipinski definition) is 1. The molecule has 0 aromatic carbocycles. The molecule has 1 aromatic heterocycles. The molecule has 0 atom stereocenters. The van der Waals surface area contributed by atoms with Gasteiger partial charge in [0.25, 0.3) is 5.91 Å². The molecular weight excluding hydrogens is 240 g/mol. The van der Waals surface area contributed by atoms with Crippen molar-refractivity contribution in [3.63, 3.8) is 0 Å². The number of pyridine rings is 1. The van der Waals surface area contributed by atoms with E-state index >= 15 is 0 Å². The van der Waals surface area contributed by atoms with Gasteiger partial charge in [0, 0.05) is 38.4 Å². The Morgan fingerprint density at radius 1 is 1.32 bits per heavy atom. The summed E-state index contributed by atoms with van der Waals surface area (Å²) in [5, 5.41) is 2.93. The van der Waals surface area contributed by atoms with Crippen molar-refractivity contribution in [2.45, 2.75) is 19.9 Å². The fourth-order valence-corrected chi connectivity index (χ4v) is 2.18. The van der Waals surface area contributed by atoms with Crippen LogP contribution in [0, 0.1) is 0 Å². The quantitative estimate of drug-likeness (QED) is 0.882. The maximum atomic E-state index is 12.2. The molecule has 5 nitrogen and oxygen atoms in total. The first kappa shape index (κ1) is 13.8. The second kappa shape index (κ2) is 6.02. The van der Waals surface area contributed by atoms with Crippen LogP contribution in [0.15, 0.2) is 18.3 Å². The molecule has 1 N–H and O–H groups in total. The number of hydrogen-bond acceptors (Lipinski definition) is 4. The Morgan fingerprint density at radius 2 is 2.00 bits per heavy atom. The van der Waals surface area contributed by atoms with E-state index in [0.29, 0.717) is 5.56 Å². The molecule has 2 heterocycles. The van der Waals surface area contributed by atoms with Crippen LogP contribution in [-0.2, 0) is 0 Å². The van der Waals surface area contributed by atoms with Gasteiger partial charge in [-0.3, -0.25) is 4.79 Å². The summed E-state index contributed by atoms with van der Waals surface area (Å²) in [4.78, 5) is 21.1. The lowest BCUT2D eigenvalue weighted by Gasteiger charge is -2.34. The third-order valence-corrected chi connectivity index (χ3v) is 3.25. The number of carbonyl (C=O) groups is 1. The smallest absolute Gasteiger partial charge is 0.255 e. The van der Waals surface area contributed by atoms with Gasteiger partial charge < -0.3 is 15.1 Å². The number of rotatable bonds is 3. The first-order valence-electron chi connectivity index (χ1n) is 6.77. The normalized spacial score (nSPS) is 16.7. The lowest BCUT2D eigenvalue weighted by atomic mass is 10.2. The van der Waals surface area contributed by atoms with Gasteiger partial charge >= 0.3 is 0 Å². The average Bonchev–Trinajstić information content (AvgIpc) is 2.39. The summed E-state index contributed by atoms with van der Waals surface area (Å²) in [7, 11) is 2.11. The summed E-state index contributed by atoms with van der Waals surface area (Å²) in [6, 6.07) is 3.79. The molecule has 19 heavy (non-hydrogen) atoms. The molecule has 0 spiro atoms. The monoisotopic (exact) mass is 262 g/mol. The van der Waals surface area contributed by atoms with Crippen LogP contribution < -0.4 is 10.2 Å². The molecule has 1 amide bonds. The van der Waals surface area contributed by atoms with E-state index in [9.17, 15) is 4.79 Å². The van der Waals surface area contributed by atoms with Gasteiger partial charge in [0.05, 0.1) is 5.56 Å². The second-order valence-electron chi connectivity index (χ2n) is 5.29. The van der Waals surface area contributed by atoms with Gasteiger partial charge in [0.15, 0.2) is 0 Å². The third kappa shape index (κ3) is 3.44. The van der Waals surface area contributed by atoms with Crippen LogP contribution in [0.3, 0.4) is 0 Å². The van der Waals surface area contributed by atoms with E-state index in [2.05, 4.69) is 27.1 Å². The van der Waals surface area contributed by atoms with Crippen LogP contribution in [0.5, 0.6) is 0 Å². The van der Waals surface area contributed by atoms with Crippen molar-refractivity contribution in [1.82, 2.24) is 15.2 Å². The topological polar surface area (TPSA) is 48.5 Å². The molecule has 0 radical (unpaired) electrons. The second-order valence-corrected chi connectivity index (χ2v) is 5.29. The Bertz CT molecular complexity index is 439. The van der Waals surface area contributed by atoms with E-state index in [0.717, 1.165) is 32.0 Å². The molecule has 5 heteroatoms. The zero-order valence-corrected chi connectivity index (χ0v) is 11.9. The first-order chi connectivity index (χ1) is 9.08. The van der Waals surface area contributed by atoms with Gasteiger partial charge in [-0.2, -0.15) is 0 Å². The molecule has 104 valence electrons. The molecule has 1 aromatic rings. The number of carbonyl (C=O) groups excluding carboxylic acids is 1. The first-order valence-corrected chi connectivity index (χ1v) is 6.77. The summed E-state index contributed by atoms with van der Waals surface area (Å²) in [5.74, 6) is 0.755. The fourth-order valence-electron chi connectivity index (χ4n) is 2.18. The zero-order chi connectivity index (χ0) is 13.8. The SMILES string of the molecule is CC(C)NC(=O)c1cccnc1N1CCN(C)CC1. The summed E-state index contributed by atoms with van der Waals surface area (Å²) in [6.07, 6.45) is 1.75. The largest absolute Gasteiger partial charge is 0.353 e. The molecule has 0 unspecified atom stereocenters. The van der Waals surface area contributed by atoms with Gasteiger partial charge in [0.1, 0.15) is 5.82 Å². The summed E-state index contributed by atoms with van der Waals surface area (Å²) >= 11 is 0. The van der Waals surface area contributed by atoms with Crippen LogP contribution in [-0.4, -0.2) is 55.1 Å². The highest BCUT2D eigenvalue weighted by molar-refractivity contribution is 5.99. The number of nitrogens with one attached hydrogen (secondary N) is 1. The standard InChI is InChI=1S/C14H22N4O/c1-11(2)16-14(19)12-5-4-6-15-13(12)18-9-7-17(3)8-10-18/h4-6,11H,7-10H2,1-3H3,(H,16,19). The lowest BCUT2D eigenvalue weighted by Crippen LogP contribution is -2.45. The maximum Gasteiger partial charge on any atom is 0.255 e. The van der Waals surface area contributed by atoms with Crippen LogP contribution in [0.4, 0.5) is 5.82 Å². The number of anilines is 1. The highest BCUT2D eigenvalue weighted by Crippen LogP contribution is 2.18. The van der Waals surface area contributed by atoms with E-state index in [1.807, 2.05) is 26.0 Å². The van der Waals surface area contributed by atoms with Crippen molar-refractivity contribution in [2.75, 3.05) is 38.1 Å². The van der Waals surface area contributed by atoms with Crippen LogP contribution >= 0.6 is 0 Å². The molecule has 1 saturated heterocycles. The molecule has 0 saturated carbocycles. The lowest BCUT2D eigenvalue weighted by molar-refractivity contribution is 0.0943. The van der Waals surface area contributed by atoms with Gasteiger partial charge in [-0.05, 0) is 33.0 Å². The Morgan fingerprint density at radius 3 is 2.63 bits per heavy atom. The summed E-state index contributed by atoms with van der Waals surface area (Å²) in [5.41, 5.74) is 0.667. The van der Waals surface area contributed by atoms with Crippen molar-refractivity contribution in [2.24, 2.45) is 0 Å². The molecule has 1 aliphatic heterocycles. The fraction of sp³-hybridized carbons (Fsp3) is 0.571. The highest BCUT2D eigenvalue weighted by Gasteiger charge is 2.21. The van der Waals surface area contributed by atoms with E-state index in [4.69, 9.17) is 0 Å². The molecule has 1 aliphatic rings. The van der Waals surface area contributed by atoms with Gasteiger partial charge in [-0.1, -0.05) is 0 Å². The average molecular weight is 262 g/mol. The van der Waals surface area contributed by atoms with Crippen molar-refractivity contribution in [3.8, 4) is 0 Å². The molecular formula is C14H22N4O. The van der Waals surface area contributed by atoms with Crippen molar-refractivity contribution in [3.05, 3.63) is 23.9 Å². The Kier molecular flexibility index (Phi) is 4.37. The number of piperazine rings is 1. The third-order valence-electron chi connectivity index (χ3n) is 3.25. The maximum absolute atomic E-state index is 12.2. The minimum absolute atomic E-state index is 0.0444. The van der Waals surface area contributed by atoms with Crippen LogP contribution in [0.25, 0.3) is 0 Å². The van der Waals surface area contributed by atoms with Gasteiger partial charge in [0.2, 0.25) is 0 Å². The predicted octanol–water partition coefficient (Wildman–Crippen LogP) is 0.972. The van der Waals surface area contributed by atoms with E-state index in [1.54, 1.807) is 6.20 Å². The predicted molar refractivity (Wildman–Crippen MR) is 76.5 cm³/mol. The molecule has 1 fully saturated rings. The van der Waals surface area contributed by atoms with E-state index in [-0.39, 0.29) is 11.9 Å². The molecule has 2 rings (SSSR count). The van der Waals surface area contributed by atoms with Gasteiger partial charge in [-0.25, -0.2) is 4.98 Å². The molecule has 0 bridgehead atoms. The Labute approximate surface area is 114 Å². The van der Waals surface area contributed by atoms with Crippen molar-refractivity contribution < 1.29 is 4.79 Å².